The first-order chi connectivity index (χ1) is 11.7. The lowest BCUT2D eigenvalue weighted by Gasteiger charge is -2.46. The van der Waals surface area contributed by atoms with Gasteiger partial charge in [-0.25, -0.2) is 4.39 Å². The molecule has 0 fully saturated rings. The van der Waals surface area contributed by atoms with Crippen LogP contribution >= 0.6 is 0 Å². The lowest BCUT2D eigenvalue weighted by atomic mass is 9.92. The van der Waals surface area contributed by atoms with Gasteiger partial charge in [-0.05, 0) is 51.1 Å². The second kappa shape index (κ2) is 5.88. The van der Waals surface area contributed by atoms with Crippen molar-refractivity contribution in [3.63, 3.8) is 0 Å². The van der Waals surface area contributed by atoms with E-state index >= 15 is 0 Å². The van der Waals surface area contributed by atoms with E-state index in [1.165, 1.54) is 19.1 Å². The summed E-state index contributed by atoms with van der Waals surface area (Å²) in [6.07, 6.45) is 0.770. The standard InChI is InChI=1S/C19H19FN2O3/c1-11(24)15-8-13(21)9-16-18(15)22(14-6-4-12(20)5-7-14)17(10-23)19(2,3)25-16/h4-10,17H,21H2,1-3H3. The van der Waals surface area contributed by atoms with E-state index in [9.17, 15) is 14.0 Å². The molecule has 1 aliphatic rings. The number of ketones is 1. The van der Waals surface area contributed by atoms with Crippen molar-refractivity contribution in [3.8, 4) is 5.75 Å². The summed E-state index contributed by atoms with van der Waals surface area (Å²) >= 11 is 0. The maximum atomic E-state index is 13.4. The smallest absolute Gasteiger partial charge is 0.162 e. The van der Waals surface area contributed by atoms with Crippen LogP contribution in [-0.2, 0) is 4.79 Å². The van der Waals surface area contributed by atoms with E-state index in [2.05, 4.69) is 0 Å². The number of nitrogen functional groups attached to an aromatic ring is 1. The first-order valence-corrected chi connectivity index (χ1v) is 7.88. The number of rotatable bonds is 3. The van der Waals surface area contributed by atoms with Crippen molar-refractivity contribution in [1.29, 1.82) is 0 Å². The Bertz CT molecular complexity index is 846. The number of halogens is 1. The van der Waals surface area contributed by atoms with Gasteiger partial charge in [0.05, 0.1) is 5.69 Å². The van der Waals surface area contributed by atoms with Crippen molar-refractivity contribution in [2.75, 3.05) is 10.6 Å². The Morgan fingerprint density at radius 1 is 1.28 bits per heavy atom. The second-order valence-corrected chi connectivity index (χ2v) is 6.60. The third-order valence-corrected chi connectivity index (χ3v) is 4.31. The predicted molar refractivity (Wildman–Crippen MR) is 94.0 cm³/mol. The second-order valence-electron chi connectivity index (χ2n) is 6.60. The van der Waals surface area contributed by atoms with Crippen molar-refractivity contribution in [2.24, 2.45) is 0 Å². The third-order valence-electron chi connectivity index (χ3n) is 4.31. The number of anilines is 3. The molecule has 3 rings (SSSR count). The fourth-order valence-corrected chi connectivity index (χ4v) is 3.13. The van der Waals surface area contributed by atoms with E-state index in [0.29, 0.717) is 28.4 Å². The number of aldehydes is 1. The van der Waals surface area contributed by atoms with Crippen molar-refractivity contribution >= 4 is 29.1 Å². The van der Waals surface area contributed by atoms with E-state index < -0.39 is 11.6 Å². The number of nitrogens with two attached hydrogens (primary N) is 1. The molecular weight excluding hydrogens is 323 g/mol. The number of carbonyl (C=O) groups excluding carboxylic acids is 2. The van der Waals surface area contributed by atoms with E-state index in [-0.39, 0.29) is 11.6 Å². The Morgan fingerprint density at radius 3 is 2.48 bits per heavy atom. The Balaban J connectivity index is 2.32. The van der Waals surface area contributed by atoms with Gasteiger partial charge in [-0.2, -0.15) is 0 Å². The van der Waals surface area contributed by atoms with Gasteiger partial charge in [-0.15, -0.1) is 0 Å². The normalized spacial score (nSPS) is 18.2. The monoisotopic (exact) mass is 342 g/mol. The van der Waals surface area contributed by atoms with Crippen LogP contribution in [0.1, 0.15) is 31.1 Å². The number of hydrogen-bond donors (Lipinski definition) is 1. The summed E-state index contributed by atoms with van der Waals surface area (Å²) in [5.41, 5.74) is 6.83. The summed E-state index contributed by atoms with van der Waals surface area (Å²) in [5, 5.41) is 0. The molecule has 0 radical (unpaired) electrons. The molecule has 0 amide bonds. The van der Waals surface area contributed by atoms with Crippen LogP contribution in [0.25, 0.3) is 0 Å². The number of carbonyl (C=O) groups is 2. The highest BCUT2D eigenvalue weighted by Gasteiger charge is 2.44. The minimum absolute atomic E-state index is 0.205. The van der Waals surface area contributed by atoms with Crippen molar-refractivity contribution < 1.29 is 18.7 Å². The van der Waals surface area contributed by atoms with Gasteiger partial charge in [0.1, 0.15) is 29.5 Å². The van der Waals surface area contributed by atoms with E-state index in [4.69, 9.17) is 10.5 Å². The van der Waals surface area contributed by atoms with Crippen LogP contribution in [-0.4, -0.2) is 23.7 Å². The maximum absolute atomic E-state index is 13.4. The number of fused-ring (bicyclic) bond motifs is 1. The SMILES string of the molecule is CC(=O)c1cc(N)cc2c1N(c1ccc(F)cc1)C(C=O)C(C)(C)O2. The molecule has 6 heteroatoms. The highest BCUT2D eigenvalue weighted by molar-refractivity contribution is 6.04. The molecule has 0 saturated carbocycles. The average molecular weight is 342 g/mol. The molecule has 1 atom stereocenters. The number of hydrogen-bond acceptors (Lipinski definition) is 5. The van der Waals surface area contributed by atoms with E-state index in [0.717, 1.165) is 6.29 Å². The van der Waals surface area contributed by atoms with Gasteiger partial charge >= 0.3 is 0 Å². The summed E-state index contributed by atoms with van der Waals surface area (Å²) in [5.74, 6) is -0.176. The molecule has 130 valence electrons. The van der Waals surface area contributed by atoms with Gasteiger partial charge in [0, 0.05) is 23.0 Å². The Labute approximate surface area is 145 Å². The topological polar surface area (TPSA) is 72.6 Å². The van der Waals surface area contributed by atoms with Gasteiger partial charge in [0.15, 0.2) is 5.78 Å². The van der Waals surface area contributed by atoms with Gasteiger partial charge < -0.3 is 20.2 Å². The molecule has 1 aliphatic heterocycles. The van der Waals surface area contributed by atoms with E-state index in [1.807, 2.05) is 0 Å². The van der Waals surface area contributed by atoms with Gasteiger partial charge in [-0.3, -0.25) is 4.79 Å². The molecule has 0 aromatic heterocycles. The minimum Gasteiger partial charge on any atom is -0.483 e. The van der Waals surface area contributed by atoms with E-state index in [1.54, 1.807) is 43.0 Å². The molecule has 0 saturated heterocycles. The van der Waals surface area contributed by atoms with Crippen LogP contribution in [0.5, 0.6) is 5.75 Å². The Hall–Kier alpha value is -2.89. The molecule has 1 unspecified atom stereocenters. The molecule has 2 N–H and O–H groups in total. The molecular formula is C19H19FN2O3. The fourth-order valence-electron chi connectivity index (χ4n) is 3.13. The highest BCUT2D eigenvalue weighted by Crippen LogP contribution is 2.47. The molecule has 25 heavy (non-hydrogen) atoms. The zero-order chi connectivity index (χ0) is 18.4. The lowest BCUT2D eigenvalue weighted by Crippen LogP contribution is -2.55. The van der Waals surface area contributed by atoms with Crippen LogP contribution in [0.4, 0.5) is 21.5 Å². The maximum Gasteiger partial charge on any atom is 0.162 e. The average Bonchev–Trinajstić information content (AvgIpc) is 2.52. The fraction of sp³-hybridized carbons (Fsp3) is 0.263. The molecule has 2 aromatic carbocycles. The zero-order valence-electron chi connectivity index (χ0n) is 14.2. The number of nitrogens with zero attached hydrogens (tertiary/aromatic N) is 1. The van der Waals surface area contributed by atoms with Gasteiger partial charge in [0.2, 0.25) is 0 Å². The van der Waals surface area contributed by atoms with Crippen LogP contribution in [0, 0.1) is 5.82 Å². The third kappa shape index (κ3) is 2.84. The summed E-state index contributed by atoms with van der Waals surface area (Å²) in [6, 6.07) is 8.23. The van der Waals surface area contributed by atoms with Gasteiger partial charge in [-0.1, -0.05) is 0 Å². The Kier molecular flexibility index (Phi) is 3.99. The summed E-state index contributed by atoms with van der Waals surface area (Å²) in [4.78, 5) is 25.8. The lowest BCUT2D eigenvalue weighted by molar-refractivity contribution is -0.112. The molecule has 5 nitrogen and oxygen atoms in total. The molecule has 0 bridgehead atoms. The van der Waals surface area contributed by atoms with Crippen molar-refractivity contribution in [2.45, 2.75) is 32.4 Å². The Morgan fingerprint density at radius 2 is 1.92 bits per heavy atom. The summed E-state index contributed by atoms with van der Waals surface area (Å²) < 4.78 is 19.3. The summed E-state index contributed by atoms with van der Waals surface area (Å²) in [7, 11) is 0. The number of ether oxygens (including phenoxy) is 1. The highest BCUT2D eigenvalue weighted by atomic mass is 19.1. The van der Waals surface area contributed by atoms with Crippen LogP contribution in [0.2, 0.25) is 0 Å². The van der Waals surface area contributed by atoms with Crippen LogP contribution in [0.3, 0.4) is 0 Å². The quantitative estimate of drug-likeness (QED) is 0.525. The first-order valence-electron chi connectivity index (χ1n) is 7.88. The van der Waals surface area contributed by atoms with Gasteiger partial charge in [0.25, 0.3) is 0 Å². The molecule has 2 aromatic rings. The predicted octanol–water partition coefficient (Wildman–Crippen LogP) is 3.49. The van der Waals surface area contributed by atoms with Crippen molar-refractivity contribution in [1.82, 2.24) is 0 Å². The van der Waals surface area contributed by atoms with Crippen LogP contribution in [0.15, 0.2) is 36.4 Å². The molecule has 0 spiro atoms. The minimum atomic E-state index is -0.870. The van der Waals surface area contributed by atoms with Crippen LogP contribution < -0.4 is 15.4 Å². The molecule has 1 heterocycles. The first kappa shape index (κ1) is 17.0. The largest absolute Gasteiger partial charge is 0.483 e. The number of Topliss-reactive ketones (excluding diaryl/α,β-unsaturated/α-hetero) is 1. The molecule has 0 aliphatic carbocycles. The zero-order valence-corrected chi connectivity index (χ0v) is 14.2. The number of benzene rings is 2. The van der Waals surface area contributed by atoms with Crippen molar-refractivity contribution in [3.05, 3.63) is 47.8 Å². The summed E-state index contributed by atoms with van der Waals surface area (Å²) in [6.45, 7) is 4.98.